The SMILES string of the molecule is Cc1noc(C)c1-c1ccc(NC2CCOCC2)c(N)c1.Cc1noc(C)c1-c1ccc(NC2CCOCC2)c(NC(=O)[C@@H](C)Cc2ccc(Cl)c(F)c2)c1. The summed E-state index contributed by atoms with van der Waals surface area (Å²) in [7, 11) is 0. The number of ether oxygens (including phenoxy) is 2. The Kier molecular flexibility index (Phi) is 13.1. The molecule has 0 radical (unpaired) electrons. The molecule has 0 aliphatic carbocycles. The van der Waals surface area contributed by atoms with Crippen LogP contribution in [-0.2, 0) is 20.7 Å². The standard InChI is InChI=1S/C26H29ClFN3O3.C16H21N3O2/c1-15(12-18-4-6-21(27)22(28)13-18)26(32)30-24-14-19(25-16(2)31-34-17(25)3)5-7-23(24)29-20-8-10-33-11-9-20;1-10-16(11(2)21-19-10)12-3-4-15(14(17)9-12)18-13-5-7-20-8-6-13/h4-7,13-15,20,29H,8-12H2,1-3H3,(H,30,32);3-4,9,13,18H,5-8,17H2,1-2H3/t15-;/m0./s1. The van der Waals surface area contributed by atoms with Crippen molar-refractivity contribution >= 4 is 40.3 Å². The molecule has 1 amide bonds. The highest BCUT2D eigenvalue weighted by atomic mass is 35.5. The lowest BCUT2D eigenvalue weighted by Gasteiger charge is -2.26. The number of benzene rings is 3. The first-order valence-electron chi connectivity index (χ1n) is 18.8. The number of carbonyl (C=O) groups is 1. The van der Waals surface area contributed by atoms with Gasteiger partial charge >= 0.3 is 0 Å². The molecule has 0 saturated carbocycles. The quantitative estimate of drug-likeness (QED) is 0.101. The topological polar surface area (TPSA) is 150 Å². The van der Waals surface area contributed by atoms with Crippen molar-refractivity contribution in [2.45, 2.75) is 78.8 Å². The average molecular weight is 773 g/mol. The van der Waals surface area contributed by atoms with Crippen molar-refractivity contribution in [1.82, 2.24) is 10.3 Å². The van der Waals surface area contributed by atoms with E-state index in [1.54, 1.807) is 6.07 Å². The second-order valence-corrected chi connectivity index (χ2v) is 14.8. The number of amides is 1. The number of halogens is 2. The number of nitrogen functional groups attached to an aromatic ring is 1. The summed E-state index contributed by atoms with van der Waals surface area (Å²) in [5.74, 6) is 0.525. The molecule has 7 rings (SSSR count). The number of hydrogen-bond donors (Lipinski definition) is 4. The molecule has 2 aliphatic rings. The average Bonchev–Trinajstić information content (AvgIpc) is 3.70. The Morgan fingerprint density at radius 2 is 1.31 bits per heavy atom. The highest BCUT2D eigenvalue weighted by Crippen LogP contribution is 2.35. The summed E-state index contributed by atoms with van der Waals surface area (Å²) < 4.78 is 35.2. The van der Waals surface area contributed by atoms with E-state index in [4.69, 9.17) is 35.9 Å². The fourth-order valence-electron chi connectivity index (χ4n) is 7.06. The lowest BCUT2D eigenvalue weighted by Crippen LogP contribution is -2.29. The van der Waals surface area contributed by atoms with Crippen LogP contribution in [0.3, 0.4) is 0 Å². The second-order valence-electron chi connectivity index (χ2n) is 14.4. The van der Waals surface area contributed by atoms with Crippen LogP contribution in [0.5, 0.6) is 0 Å². The third-order valence-electron chi connectivity index (χ3n) is 10.1. The van der Waals surface area contributed by atoms with E-state index in [1.165, 1.54) is 12.1 Å². The highest BCUT2D eigenvalue weighted by Gasteiger charge is 2.21. The van der Waals surface area contributed by atoms with Gasteiger partial charge < -0.3 is 40.2 Å². The van der Waals surface area contributed by atoms with Crippen LogP contribution in [0.2, 0.25) is 5.02 Å². The van der Waals surface area contributed by atoms with E-state index in [1.807, 2.05) is 65.0 Å². The molecular formula is C42H50ClFN6O5. The Hall–Kier alpha value is -4.91. The van der Waals surface area contributed by atoms with Crippen LogP contribution in [0, 0.1) is 39.4 Å². The number of hydrogen-bond acceptors (Lipinski definition) is 10. The van der Waals surface area contributed by atoms with Crippen molar-refractivity contribution in [2.24, 2.45) is 5.92 Å². The maximum Gasteiger partial charge on any atom is 0.227 e. The molecule has 0 spiro atoms. The van der Waals surface area contributed by atoms with Crippen molar-refractivity contribution < 1.29 is 27.7 Å². The number of aryl methyl sites for hydroxylation is 4. The van der Waals surface area contributed by atoms with E-state index in [2.05, 4.69) is 32.3 Å². The molecule has 2 aliphatic heterocycles. The van der Waals surface area contributed by atoms with E-state index in [0.717, 1.165) is 107 Å². The largest absolute Gasteiger partial charge is 0.397 e. The van der Waals surface area contributed by atoms with Crippen molar-refractivity contribution in [3.8, 4) is 22.3 Å². The lowest BCUT2D eigenvalue weighted by atomic mass is 9.99. The number of nitrogens with zero attached hydrogens (tertiary/aromatic N) is 2. The van der Waals surface area contributed by atoms with E-state index >= 15 is 0 Å². The minimum Gasteiger partial charge on any atom is -0.397 e. The van der Waals surface area contributed by atoms with Crippen LogP contribution in [-0.4, -0.2) is 54.7 Å². The van der Waals surface area contributed by atoms with Crippen LogP contribution in [0.25, 0.3) is 22.3 Å². The molecule has 55 heavy (non-hydrogen) atoms. The van der Waals surface area contributed by atoms with Gasteiger partial charge in [-0.1, -0.05) is 47.0 Å². The van der Waals surface area contributed by atoms with Gasteiger partial charge in [-0.05, 0) is 113 Å². The molecule has 4 heterocycles. The minimum atomic E-state index is -0.484. The molecule has 5 aromatic rings. The Balaban J connectivity index is 0.000000209. The molecule has 2 saturated heterocycles. The number of carbonyl (C=O) groups excluding carboxylic acids is 1. The first-order chi connectivity index (χ1) is 26.5. The summed E-state index contributed by atoms with van der Waals surface area (Å²) in [5, 5.41) is 18.3. The fourth-order valence-corrected chi connectivity index (χ4v) is 7.18. The molecule has 2 aromatic heterocycles. The zero-order chi connectivity index (χ0) is 39.1. The van der Waals surface area contributed by atoms with E-state index in [0.29, 0.717) is 31.4 Å². The summed E-state index contributed by atoms with van der Waals surface area (Å²) in [6, 6.07) is 17.3. The van der Waals surface area contributed by atoms with Crippen molar-refractivity contribution in [2.75, 3.05) is 48.1 Å². The van der Waals surface area contributed by atoms with Gasteiger partial charge in [-0.15, -0.1) is 0 Å². The van der Waals surface area contributed by atoms with Crippen LogP contribution in [0.4, 0.5) is 27.1 Å². The first-order valence-corrected chi connectivity index (χ1v) is 19.2. The van der Waals surface area contributed by atoms with Crippen LogP contribution >= 0.6 is 11.6 Å². The van der Waals surface area contributed by atoms with Gasteiger partial charge in [-0.2, -0.15) is 0 Å². The van der Waals surface area contributed by atoms with Gasteiger partial charge in [0.1, 0.15) is 17.3 Å². The Morgan fingerprint density at radius 3 is 1.82 bits per heavy atom. The molecule has 2 fully saturated rings. The molecule has 5 N–H and O–H groups in total. The zero-order valence-corrected chi connectivity index (χ0v) is 32.8. The minimum absolute atomic E-state index is 0.0702. The highest BCUT2D eigenvalue weighted by molar-refractivity contribution is 6.30. The van der Waals surface area contributed by atoms with Crippen LogP contribution < -0.4 is 21.7 Å². The van der Waals surface area contributed by atoms with Gasteiger partial charge in [-0.25, -0.2) is 4.39 Å². The van der Waals surface area contributed by atoms with Gasteiger partial charge in [0.15, 0.2) is 0 Å². The Bertz CT molecular complexity index is 2050. The smallest absolute Gasteiger partial charge is 0.227 e. The molecule has 0 bridgehead atoms. The molecule has 0 unspecified atom stereocenters. The van der Waals surface area contributed by atoms with Gasteiger partial charge in [0.25, 0.3) is 0 Å². The maximum absolute atomic E-state index is 13.8. The van der Waals surface area contributed by atoms with Crippen LogP contribution in [0.1, 0.15) is 61.1 Å². The summed E-state index contributed by atoms with van der Waals surface area (Å²) in [6.07, 6.45) is 4.23. The monoisotopic (exact) mass is 772 g/mol. The van der Waals surface area contributed by atoms with Crippen molar-refractivity contribution in [1.29, 1.82) is 0 Å². The number of nitrogens with one attached hydrogen (secondary N) is 3. The number of nitrogens with two attached hydrogens (primary N) is 1. The van der Waals surface area contributed by atoms with Gasteiger partial charge in [0.2, 0.25) is 5.91 Å². The molecule has 11 nitrogen and oxygen atoms in total. The third-order valence-corrected chi connectivity index (χ3v) is 10.4. The molecule has 3 aromatic carbocycles. The van der Waals surface area contributed by atoms with E-state index < -0.39 is 5.82 Å². The molecule has 1 atom stereocenters. The number of anilines is 4. The van der Waals surface area contributed by atoms with Crippen molar-refractivity contribution in [3.63, 3.8) is 0 Å². The molecule has 292 valence electrons. The maximum atomic E-state index is 13.8. The third kappa shape index (κ3) is 10.0. The zero-order valence-electron chi connectivity index (χ0n) is 32.1. The van der Waals surface area contributed by atoms with E-state index in [-0.39, 0.29) is 22.9 Å². The predicted octanol–water partition coefficient (Wildman–Crippen LogP) is 9.29. The van der Waals surface area contributed by atoms with Gasteiger partial charge in [0.05, 0.1) is 39.2 Å². The number of rotatable bonds is 10. The summed E-state index contributed by atoms with van der Waals surface area (Å²) in [6.45, 7) is 12.5. The summed E-state index contributed by atoms with van der Waals surface area (Å²) >= 11 is 5.78. The van der Waals surface area contributed by atoms with E-state index in [9.17, 15) is 9.18 Å². The van der Waals surface area contributed by atoms with Crippen LogP contribution in [0.15, 0.2) is 63.6 Å². The fraction of sp³-hybridized carbons (Fsp3) is 0.405. The first kappa shape index (κ1) is 39.8. The Morgan fingerprint density at radius 1 is 0.782 bits per heavy atom. The molecular weight excluding hydrogens is 723 g/mol. The van der Waals surface area contributed by atoms with Crippen molar-refractivity contribution in [3.05, 3.63) is 93.9 Å². The van der Waals surface area contributed by atoms with Gasteiger partial charge in [-0.3, -0.25) is 4.79 Å². The summed E-state index contributed by atoms with van der Waals surface area (Å²) in [5.41, 5.74) is 15.8. The molecule has 13 heteroatoms. The summed E-state index contributed by atoms with van der Waals surface area (Å²) in [4.78, 5) is 13.1. The number of aromatic nitrogens is 2. The normalized spacial score (nSPS) is 15.5. The predicted molar refractivity (Wildman–Crippen MR) is 215 cm³/mol. The lowest BCUT2D eigenvalue weighted by molar-refractivity contribution is -0.119. The Labute approximate surface area is 326 Å². The second kappa shape index (κ2) is 18.1. The van der Waals surface area contributed by atoms with Gasteiger partial charge in [0, 0.05) is 55.6 Å².